The van der Waals surface area contributed by atoms with Crippen LogP contribution in [0, 0.1) is 27.7 Å². The van der Waals surface area contributed by atoms with Crippen molar-refractivity contribution in [3.8, 4) is 0 Å². The Kier molecular flexibility index (Phi) is 10.7. The molecule has 41 heavy (non-hydrogen) atoms. The van der Waals surface area contributed by atoms with E-state index in [9.17, 15) is 19.2 Å². The van der Waals surface area contributed by atoms with Gasteiger partial charge >= 0.3 is 6.09 Å². The van der Waals surface area contributed by atoms with Crippen LogP contribution < -0.4 is 16.4 Å². The van der Waals surface area contributed by atoms with Gasteiger partial charge in [0.2, 0.25) is 11.8 Å². The number of amides is 4. The molecule has 9 heteroatoms. The molecule has 0 radical (unpaired) electrons. The molecule has 0 fully saturated rings. The van der Waals surface area contributed by atoms with E-state index in [1.165, 1.54) is 4.90 Å². The van der Waals surface area contributed by atoms with E-state index >= 15 is 0 Å². The van der Waals surface area contributed by atoms with Crippen LogP contribution in [0.2, 0.25) is 0 Å². The van der Waals surface area contributed by atoms with Gasteiger partial charge in [0.25, 0.3) is 5.91 Å². The molecule has 0 heterocycles. The normalized spacial score (nSPS) is 13.1. The summed E-state index contributed by atoms with van der Waals surface area (Å²) in [4.78, 5) is 55.0. The SMILES string of the molecule is CCC(C)(C)N(C(=O)C(CC(N)=O)NC(=O)OC(C)(C)C)C(C(=O)Nc1c(C)cccc1C)c1ccc(C)cc1C. The van der Waals surface area contributed by atoms with E-state index in [2.05, 4.69) is 10.6 Å². The van der Waals surface area contributed by atoms with Crippen molar-refractivity contribution in [2.24, 2.45) is 5.73 Å². The van der Waals surface area contributed by atoms with Crippen LogP contribution >= 0.6 is 0 Å². The van der Waals surface area contributed by atoms with Gasteiger partial charge in [0.15, 0.2) is 0 Å². The molecule has 2 aromatic carbocycles. The largest absolute Gasteiger partial charge is 0.444 e. The molecule has 4 amide bonds. The van der Waals surface area contributed by atoms with Crippen LogP contribution in [-0.2, 0) is 19.1 Å². The quantitative estimate of drug-likeness (QED) is 0.355. The lowest BCUT2D eigenvalue weighted by atomic mass is 9.89. The number of alkyl carbamates (subject to hydrolysis) is 1. The summed E-state index contributed by atoms with van der Waals surface area (Å²) in [6.07, 6.45) is -0.853. The molecule has 0 saturated heterocycles. The lowest BCUT2D eigenvalue weighted by molar-refractivity contribution is -0.148. The van der Waals surface area contributed by atoms with E-state index in [-0.39, 0.29) is 0 Å². The van der Waals surface area contributed by atoms with Crippen LogP contribution in [0.25, 0.3) is 0 Å². The zero-order valence-corrected chi connectivity index (χ0v) is 26.1. The van der Waals surface area contributed by atoms with E-state index in [1.807, 2.05) is 84.9 Å². The summed E-state index contributed by atoms with van der Waals surface area (Å²) in [7, 11) is 0. The summed E-state index contributed by atoms with van der Waals surface area (Å²) in [6, 6.07) is 8.97. The Bertz CT molecular complexity index is 1280. The van der Waals surface area contributed by atoms with Crippen molar-refractivity contribution in [2.45, 2.75) is 105 Å². The number of nitrogens with two attached hydrogens (primary N) is 1. The summed E-state index contributed by atoms with van der Waals surface area (Å²) < 4.78 is 5.37. The monoisotopic (exact) mass is 566 g/mol. The Morgan fingerprint density at radius 3 is 2.00 bits per heavy atom. The van der Waals surface area contributed by atoms with Gasteiger partial charge in [-0.3, -0.25) is 14.4 Å². The second-order valence-electron chi connectivity index (χ2n) is 12.3. The van der Waals surface area contributed by atoms with Gasteiger partial charge in [-0.25, -0.2) is 4.79 Å². The third kappa shape index (κ3) is 8.80. The number of anilines is 1. The highest BCUT2D eigenvalue weighted by Gasteiger charge is 2.44. The van der Waals surface area contributed by atoms with Crippen molar-refractivity contribution in [2.75, 3.05) is 5.32 Å². The molecule has 0 aliphatic heterocycles. The van der Waals surface area contributed by atoms with Crippen molar-refractivity contribution in [3.05, 3.63) is 64.2 Å². The summed E-state index contributed by atoms with van der Waals surface area (Å²) in [5.41, 5.74) is 8.69. The number of hydrogen-bond donors (Lipinski definition) is 3. The zero-order valence-electron chi connectivity index (χ0n) is 26.1. The molecule has 0 aliphatic carbocycles. The Labute approximate surface area is 244 Å². The minimum absolute atomic E-state index is 0.417. The van der Waals surface area contributed by atoms with Gasteiger partial charge in [0.05, 0.1) is 6.42 Å². The fourth-order valence-electron chi connectivity index (χ4n) is 4.70. The Morgan fingerprint density at radius 1 is 0.927 bits per heavy atom. The highest BCUT2D eigenvalue weighted by molar-refractivity contribution is 6.01. The van der Waals surface area contributed by atoms with E-state index in [4.69, 9.17) is 10.5 Å². The number of benzene rings is 2. The number of nitrogens with one attached hydrogen (secondary N) is 2. The lowest BCUT2D eigenvalue weighted by Gasteiger charge is -2.45. The van der Waals surface area contributed by atoms with Gasteiger partial charge in [0, 0.05) is 11.2 Å². The molecule has 224 valence electrons. The van der Waals surface area contributed by atoms with Crippen molar-refractivity contribution in [1.29, 1.82) is 0 Å². The Morgan fingerprint density at radius 2 is 1.51 bits per heavy atom. The Balaban J connectivity index is 2.74. The first kappa shape index (κ1) is 33.3. The molecule has 4 N–H and O–H groups in total. The van der Waals surface area contributed by atoms with Gasteiger partial charge < -0.3 is 26.0 Å². The zero-order chi connectivity index (χ0) is 31.3. The molecule has 2 atom stereocenters. The van der Waals surface area contributed by atoms with Crippen LogP contribution in [0.4, 0.5) is 10.5 Å². The third-order valence-corrected chi connectivity index (χ3v) is 7.10. The maximum absolute atomic E-state index is 14.4. The summed E-state index contributed by atoms with van der Waals surface area (Å²) in [5, 5.41) is 5.60. The number of ether oxygens (including phenoxy) is 1. The number of para-hydroxylation sites is 1. The number of rotatable bonds is 10. The van der Waals surface area contributed by atoms with Crippen molar-refractivity contribution in [1.82, 2.24) is 10.2 Å². The number of carbonyl (C=O) groups is 4. The van der Waals surface area contributed by atoms with Crippen LogP contribution in [0.1, 0.15) is 88.2 Å². The first-order chi connectivity index (χ1) is 18.9. The first-order valence-corrected chi connectivity index (χ1v) is 13.9. The summed E-state index contributed by atoms with van der Waals surface area (Å²) in [6.45, 7) is 18.3. The Hall–Kier alpha value is -3.88. The smallest absolute Gasteiger partial charge is 0.408 e. The van der Waals surface area contributed by atoms with Crippen molar-refractivity contribution >= 4 is 29.5 Å². The maximum atomic E-state index is 14.4. The summed E-state index contributed by atoms with van der Waals surface area (Å²) in [5.74, 6) is -1.82. The van der Waals surface area contributed by atoms with Gasteiger partial charge in [-0.05, 0) is 91.0 Å². The van der Waals surface area contributed by atoms with E-state index < -0.39 is 53.5 Å². The van der Waals surface area contributed by atoms with Gasteiger partial charge in [-0.1, -0.05) is 48.9 Å². The molecule has 0 aromatic heterocycles. The van der Waals surface area contributed by atoms with Crippen LogP contribution in [0.5, 0.6) is 0 Å². The van der Waals surface area contributed by atoms with Crippen molar-refractivity contribution < 1.29 is 23.9 Å². The molecule has 0 saturated carbocycles. The number of carbonyl (C=O) groups excluding carboxylic acids is 4. The molecule has 0 spiro atoms. The fourth-order valence-corrected chi connectivity index (χ4v) is 4.70. The van der Waals surface area contributed by atoms with Crippen LogP contribution in [-0.4, -0.2) is 45.9 Å². The van der Waals surface area contributed by atoms with E-state index in [1.54, 1.807) is 20.8 Å². The second-order valence-corrected chi connectivity index (χ2v) is 12.3. The predicted octanol–water partition coefficient (Wildman–Crippen LogP) is 5.39. The topological polar surface area (TPSA) is 131 Å². The molecule has 0 aliphatic rings. The lowest BCUT2D eigenvalue weighted by Crippen LogP contribution is -2.59. The summed E-state index contributed by atoms with van der Waals surface area (Å²) >= 11 is 0. The predicted molar refractivity (Wildman–Crippen MR) is 161 cm³/mol. The number of hydrogen-bond acceptors (Lipinski definition) is 5. The highest BCUT2D eigenvalue weighted by atomic mass is 16.6. The highest BCUT2D eigenvalue weighted by Crippen LogP contribution is 2.35. The minimum Gasteiger partial charge on any atom is -0.444 e. The van der Waals surface area contributed by atoms with E-state index in [0.717, 1.165) is 22.3 Å². The molecule has 9 nitrogen and oxygen atoms in total. The van der Waals surface area contributed by atoms with E-state index in [0.29, 0.717) is 17.7 Å². The fraction of sp³-hybridized carbons (Fsp3) is 0.500. The maximum Gasteiger partial charge on any atom is 0.408 e. The number of primary amides is 1. The van der Waals surface area contributed by atoms with Crippen molar-refractivity contribution in [3.63, 3.8) is 0 Å². The second kappa shape index (κ2) is 13.2. The van der Waals surface area contributed by atoms with Gasteiger partial charge in [-0.15, -0.1) is 0 Å². The van der Waals surface area contributed by atoms with Gasteiger partial charge in [-0.2, -0.15) is 0 Å². The number of aryl methyl sites for hydroxylation is 4. The molecular weight excluding hydrogens is 520 g/mol. The first-order valence-electron chi connectivity index (χ1n) is 13.9. The molecule has 0 bridgehead atoms. The molecule has 2 rings (SSSR count). The molecule has 2 aromatic rings. The van der Waals surface area contributed by atoms with Gasteiger partial charge in [0.1, 0.15) is 17.7 Å². The van der Waals surface area contributed by atoms with Crippen LogP contribution in [0.3, 0.4) is 0 Å². The third-order valence-electron chi connectivity index (χ3n) is 7.10. The number of nitrogens with zero attached hydrogens (tertiary/aromatic N) is 1. The average molecular weight is 567 g/mol. The van der Waals surface area contributed by atoms with Crippen LogP contribution in [0.15, 0.2) is 36.4 Å². The molecule has 2 unspecified atom stereocenters. The average Bonchev–Trinajstić information content (AvgIpc) is 2.83. The molecular formula is C32H46N4O5. The minimum atomic E-state index is -1.35. The standard InChI is InChI=1S/C32H46N4O5/c1-11-32(9,10)36(29(39)24(18-25(33)37)34-30(40)41-31(6,7)8)27(23-16-15-19(2)17-22(23)5)28(38)35-26-20(3)13-12-14-21(26)4/h12-17,24,27H,11,18H2,1-10H3,(H2,33,37)(H,34,40)(H,35,38).